The van der Waals surface area contributed by atoms with Crippen LogP contribution in [0.25, 0.3) is 12.2 Å². The molecule has 4 rings (SSSR count). The Labute approximate surface area is 167 Å². The lowest BCUT2D eigenvalue weighted by Gasteiger charge is -2.18. The summed E-state index contributed by atoms with van der Waals surface area (Å²) in [5.74, 6) is 3.30. The van der Waals surface area contributed by atoms with Gasteiger partial charge in [-0.3, -0.25) is 0 Å². The molecule has 0 aromatic heterocycles. The SMILES string of the molecule is C(=C\c1ccc2c(c1)OCCO2)/SCS/C=C/c1ccc2c(c1)OCCO2. The second kappa shape index (κ2) is 9.15. The lowest BCUT2D eigenvalue weighted by atomic mass is 10.2. The summed E-state index contributed by atoms with van der Waals surface area (Å²) in [7, 11) is 0. The van der Waals surface area contributed by atoms with Crippen LogP contribution in [-0.2, 0) is 0 Å². The normalized spacial score (nSPS) is 15.4. The molecule has 0 radical (unpaired) electrons. The molecule has 0 unspecified atom stereocenters. The van der Waals surface area contributed by atoms with Gasteiger partial charge in [0.2, 0.25) is 0 Å². The lowest BCUT2D eigenvalue weighted by molar-refractivity contribution is 0.171. The van der Waals surface area contributed by atoms with E-state index in [0.29, 0.717) is 26.4 Å². The first-order valence-electron chi connectivity index (χ1n) is 8.74. The van der Waals surface area contributed by atoms with Crippen LogP contribution in [-0.4, -0.2) is 31.5 Å². The van der Waals surface area contributed by atoms with Crippen LogP contribution in [0.3, 0.4) is 0 Å². The van der Waals surface area contributed by atoms with E-state index in [1.165, 1.54) is 0 Å². The Balaban J connectivity index is 1.22. The molecule has 0 saturated carbocycles. The Morgan fingerprint density at radius 3 is 1.56 bits per heavy atom. The maximum Gasteiger partial charge on any atom is 0.161 e. The summed E-state index contributed by atoms with van der Waals surface area (Å²) in [5, 5.41) is 5.16. The number of rotatable bonds is 6. The Kier molecular flexibility index (Phi) is 6.17. The molecule has 2 aromatic rings. The zero-order valence-electron chi connectivity index (χ0n) is 14.8. The predicted octanol–water partition coefficient (Wildman–Crippen LogP) is 5.29. The molecule has 140 valence electrons. The van der Waals surface area contributed by atoms with E-state index in [4.69, 9.17) is 18.9 Å². The van der Waals surface area contributed by atoms with Crippen LogP contribution in [0.1, 0.15) is 11.1 Å². The van der Waals surface area contributed by atoms with Gasteiger partial charge in [0.05, 0.1) is 0 Å². The molecule has 0 amide bonds. The molecule has 2 aromatic carbocycles. The topological polar surface area (TPSA) is 36.9 Å². The van der Waals surface area contributed by atoms with Gasteiger partial charge in [-0.05, 0) is 58.4 Å². The van der Waals surface area contributed by atoms with E-state index < -0.39 is 0 Å². The Morgan fingerprint density at radius 1 is 0.630 bits per heavy atom. The monoisotopic (exact) mass is 400 g/mol. The second-order valence-corrected chi connectivity index (χ2v) is 8.02. The Hall–Kier alpha value is -2.18. The molecule has 0 atom stereocenters. The van der Waals surface area contributed by atoms with Gasteiger partial charge in [0, 0.05) is 5.08 Å². The number of benzene rings is 2. The van der Waals surface area contributed by atoms with Gasteiger partial charge < -0.3 is 18.9 Å². The summed E-state index contributed by atoms with van der Waals surface area (Å²) >= 11 is 3.52. The highest BCUT2D eigenvalue weighted by atomic mass is 32.2. The molecule has 2 aliphatic heterocycles. The highest BCUT2D eigenvalue weighted by molar-refractivity contribution is 8.18. The first-order valence-corrected chi connectivity index (χ1v) is 10.8. The minimum Gasteiger partial charge on any atom is -0.486 e. The van der Waals surface area contributed by atoms with Gasteiger partial charge in [-0.2, -0.15) is 0 Å². The number of hydrogen-bond donors (Lipinski definition) is 0. The smallest absolute Gasteiger partial charge is 0.161 e. The fraction of sp³-hybridized carbons (Fsp3) is 0.238. The molecule has 0 spiro atoms. The zero-order valence-corrected chi connectivity index (χ0v) is 16.4. The molecule has 27 heavy (non-hydrogen) atoms. The summed E-state index contributed by atoms with van der Waals surface area (Å²) in [6.07, 6.45) is 4.18. The average molecular weight is 401 g/mol. The summed E-state index contributed by atoms with van der Waals surface area (Å²) in [6, 6.07) is 12.0. The highest BCUT2D eigenvalue weighted by Gasteiger charge is 2.11. The van der Waals surface area contributed by atoms with Gasteiger partial charge in [-0.1, -0.05) is 12.1 Å². The van der Waals surface area contributed by atoms with Gasteiger partial charge in [-0.25, -0.2) is 0 Å². The van der Waals surface area contributed by atoms with Gasteiger partial charge >= 0.3 is 0 Å². The van der Waals surface area contributed by atoms with Crippen molar-refractivity contribution in [3.8, 4) is 23.0 Å². The largest absolute Gasteiger partial charge is 0.486 e. The van der Waals surface area contributed by atoms with Gasteiger partial charge in [0.15, 0.2) is 23.0 Å². The molecular formula is C21H20O4S2. The quantitative estimate of drug-likeness (QED) is 0.484. The van der Waals surface area contributed by atoms with Crippen LogP contribution in [0, 0.1) is 0 Å². The van der Waals surface area contributed by atoms with Crippen molar-refractivity contribution in [2.24, 2.45) is 0 Å². The maximum absolute atomic E-state index is 5.60. The third-order valence-corrected chi connectivity index (χ3v) is 5.73. The Morgan fingerprint density at radius 2 is 1.07 bits per heavy atom. The van der Waals surface area contributed by atoms with Crippen molar-refractivity contribution in [2.45, 2.75) is 0 Å². The summed E-state index contributed by atoms with van der Waals surface area (Å²) < 4.78 is 22.3. The van der Waals surface area contributed by atoms with Crippen molar-refractivity contribution in [1.29, 1.82) is 0 Å². The standard InChI is InChI=1S/C21H20O4S2/c1-3-18-20(24-9-7-22-18)13-16(1)5-11-26-15-27-12-6-17-2-4-19-21(14-17)25-10-8-23-19/h1-6,11-14H,7-10,15H2/b11-5+,12-6+. The predicted molar refractivity (Wildman–Crippen MR) is 113 cm³/mol. The maximum atomic E-state index is 5.60. The van der Waals surface area contributed by atoms with E-state index in [-0.39, 0.29) is 0 Å². The number of thioether (sulfide) groups is 2. The van der Waals surface area contributed by atoms with Crippen molar-refractivity contribution in [2.75, 3.05) is 31.5 Å². The van der Waals surface area contributed by atoms with Crippen molar-refractivity contribution < 1.29 is 18.9 Å². The summed E-state index contributed by atoms with van der Waals surface area (Å²) in [6.45, 7) is 2.46. The highest BCUT2D eigenvalue weighted by Crippen LogP contribution is 2.32. The molecular weight excluding hydrogens is 380 g/mol. The number of hydrogen-bond acceptors (Lipinski definition) is 6. The van der Waals surface area contributed by atoms with E-state index in [1.54, 1.807) is 23.5 Å². The minimum atomic E-state index is 0.612. The van der Waals surface area contributed by atoms with Gasteiger partial charge in [-0.15, -0.1) is 23.5 Å². The lowest BCUT2D eigenvalue weighted by Crippen LogP contribution is -2.15. The van der Waals surface area contributed by atoms with E-state index in [2.05, 4.69) is 23.0 Å². The zero-order chi connectivity index (χ0) is 18.3. The Bertz CT molecular complexity index is 779. The van der Waals surface area contributed by atoms with Gasteiger partial charge in [0.25, 0.3) is 0 Å². The molecule has 6 heteroatoms. The van der Waals surface area contributed by atoms with Crippen LogP contribution in [0.4, 0.5) is 0 Å². The van der Waals surface area contributed by atoms with Crippen molar-refractivity contribution in [1.82, 2.24) is 0 Å². The van der Waals surface area contributed by atoms with Crippen molar-refractivity contribution in [3.05, 3.63) is 58.3 Å². The fourth-order valence-corrected chi connectivity index (χ4v) is 4.15. The molecule has 0 saturated heterocycles. The molecule has 2 aliphatic rings. The summed E-state index contributed by atoms with van der Waals surface area (Å²) in [5.41, 5.74) is 2.23. The molecule has 0 bridgehead atoms. The van der Waals surface area contributed by atoms with Crippen molar-refractivity contribution in [3.63, 3.8) is 0 Å². The van der Waals surface area contributed by atoms with Crippen LogP contribution in [0.2, 0.25) is 0 Å². The first-order chi connectivity index (χ1) is 13.4. The molecule has 0 N–H and O–H groups in total. The fourth-order valence-electron chi connectivity index (χ4n) is 2.70. The minimum absolute atomic E-state index is 0.612. The van der Waals surface area contributed by atoms with Crippen LogP contribution >= 0.6 is 23.5 Å². The average Bonchev–Trinajstić information content (AvgIpc) is 2.73. The van der Waals surface area contributed by atoms with E-state index in [0.717, 1.165) is 39.2 Å². The van der Waals surface area contributed by atoms with Gasteiger partial charge in [0.1, 0.15) is 26.4 Å². The first kappa shape index (κ1) is 18.2. The summed E-state index contributed by atoms with van der Waals surface area (Å²) in [4.78, 5) is 0. The van der Waals surface area contributed by atoms with Crippen LogP contribution < -0.4 is 18.9 Å². The molecule has 0 aliphatic carbocycles. The third-order valence-electron chi connectivity index (χ3n) is 3.98. The van der Waals surface area contributed by atoms with E-state index >= 15 is 0 Å². The molecule has 2 heterocycles. The van der Waals surface area contributed by atoms with Crippen LogP contribution in [0.5, 0.6) is 23.0 Å². The molecule has 0 fully saturated rings. The second-order valence-electron chi connectivity index (χ2n) is 5.86. The third kappa shape index (κ3) is 4.96. The number of fused-ring (bicyclic) bond motifs is 2. The van der Waals surface area contributed by atoms with Crippen LogP contribution in [0.15, 0.2) is 47.2 Å². The van der Waals surface area contributed by atoms with E-state index in [1.807, 2.05) is 36.4 Å². The van der Waals surface area contributed by atoms with E-state index in [9.17, 15) is 0 Å². The molecule has 4 nitrogen and oxygen atoms in total. The van der Waals surface area contributed by atoms with Crippen molar-refractivity contribution >= 4 is 35.7 Å². The number of ether oxygens (including phenoxy) is 4.